The Labute approximate surface area is 177 Å². The molecular weight excluding hydrogens is 404 g/mol. The zero-order chi connectivity index (χ0) is 20.4. The summed E-state index contributed by atoms with van der Waals surface area (Å²) in [4.78, 5) is 31.9. The summed E-state index contributed by atoms with van der Waals surface area (Å²) in [6.07, 6.45) is 2.04. The first-order valence-electron chi connectivity index (χ1n) is 9.12. The van der Waals surface area contributed by atoms with Crippen molar-refractivity contribution >= 4 is 45.9 Å². The monoisotopic (exact) mass is 424 g/mol. The van der Waals surface area contributed by atoms with E-state index in [4.69, 9.17) is 0 Å². The second-order valence-electron chi connectivity index (χ2n) is 6.61. The van der Waals surface area contributed by atoms with Gasteiger partial charge < -0.3 is 5.32 Å². The number of aryl methyl sites for hydroxylation is 1. The standard InChI is InChI=1S/C21H20N4O2S2/c1-13-11-15(5-8-18(13)25-10-9-22-21(25)27)19(26)24-20-23-17(12-29-20)14-3-6-16(28-2)7-4-14/h3-8,11-12H,9-10H2,1-2H3,(H,22,27)(H,23,24,26). The SMILES string of the molecule is CSc1ccc(-c2csc(NC(=O)c3ccc(N4CCNC4=O)c(C)c3)n2)cc1. The summed E-state index contributed by atoms with van der Waals surface area (Å²) in [5.74, 6) is -0.218. The Bertz CT molecular complexity index is 1060. The van der Waals surface area contributed by atoms with Crippen molar-refractivity contribution < 1.29 is 9.59 Å². The van der Waals surface area contributed by atoms with E-state index in [0.29, 0.717) is 23.8 Å². The average Bonchev–Trinajstić information content (AvgIpc) is 3.37. The van der Waals surface area contributed by atoms with E-state index in [-0.39, 0.29) is 11.9 Å². The molecule has 148 valence electrons. The van der Waals surface area contributed by atoms with Crippen molar-refractivity contribution in [3.8, 4) is 11.3 Å². The number of hydrogen-bond donors (Lipinski definition) is 2. The largest absolute Gasteiger partial charge is 0.336 e. The lowest BCUT2D eigenvalue weighted by molar-refractivity contribution is 0.102. The van der Waals surface area contributed by atoms with Gasteiger partial charge in [0.2, 0.25) is 0 Å². The van der Waals surface area contributed by atoms with Crippen LogP contribution in [0.15, 0.2) is 52.7 Å². The van der Waals surface area contributed by atoms with E-state index in [2.05, 4.69) is 27.8 Å². The number of carbonyl (C=O) groups excluding carboxylic acids is 2. The molecule has 29 heavy (non-hydrogen) atoms. The number of benzene rings is 2. The van der Waals surface area contributed by atoms with E-state index in [1.165, 1.54) is 16.2 Å². The second-order valence-corrected chi connectivity index (χ2v) is 8.34. The third kappa shape index (κ3) is 4.13. The molecular formula is C21H20N4O2S2. The zero-order valence-electron chi connectivity index (χ0n) is 16.1. The summed E-state index contributed by atoms with van der Waals surface area (Å²) in [5, 5.41) is 8.14. The lowest BCUT2D eigenvalue weighted by Crippen LogP contribution is -2.28. The summed E-state index contributed by atoms with van der Waals surface area (Å²) >= 11 is 3.09. The van der Waals surface area contributed by atoms with Gasteiger partial charge in [0.1, 0.15) is 0 Å². The maximum Gasteiger partial charge on any atom is 0.322 e. The topological polar surface area (TPSA) is 74.3 Å². The van der Waals surface area contributed by atoms with Crippen LogP contribution in [0.5, 0.6) is 0 Å². The van der Waals surface area contributed by atoms with Gasteiger partial charge in [-0.2, -0.15) is 0 Å². The van der Waals surface area contributed by atoms with Crippen LogP contribution >= 0.6 is 23.1 Å². The van der Waals surface area contributed by atoms with Crippen LogP contribution in [0.1, 0.15) is 15.9 Å². The first kappa shape index (κ1) is 19.5. The Balaban J connectivity index is 1.47. The molecule has 2 aromatic carbocycles. The van der Waals surface area contributed by atoms with Gasteiger partial charge in [0.15, 0.2) is 5.13 Å². The minimum Gasteiger partial charge on any atom is -0.336 e. The molecule has 0 saturated carbocycles. The quantitative estimate of drug-likeness (QED) is 0.586. The number of hydrogen-bond acceptors (Lipinski definition) is 5. The normalized spacial score (nSPS) is 13.4. The zero-order valence-corrected chi connectivity index (χ0v) is 17.7. The first-order chi connectivity index (χ1) is 14.0. The van der Waals surface area contributed by atoms with Crippen LogP contribution in [0.25, 0.3) is 11.3 Å². The van der Waals surface area contributed by atoms with Crippen LogP contribution in [0.2, 0.25) is 0 Å². The van der Waals surface area contributed by atoms with Crippen molar-refractivity contribution in [2.45, 2.75) is 11.8 Å². The number of nitrogens with one attached hydrogen (secondary N) is 2. The molecule has 1 aromatic heterocycles. The van der Waals surface area contributed by atoms with Crippen molar-refractivity contribution in [2.24, 2.45) is 0 Å². The average molecular weight is 425 g/mol. The van der Waals surface area contributed by atoms with Crippen LogP contribution < -0.4 is 15.5 Å². The number of aromatic nitrogens is 1. The molecule has 0 radical (unpaired) electrons. The maximum atomic E-state index is 12.7. The minimum absolute atomic E-state index is 0.105. The second kappa shape index (κ2) is 8.26. The number of anilines is 2. The van der Waals surface area contributed by atoms with Crippen molar-refractivity contribution in [1.29, 1.82) is 0 Å². The van der Waals surface area contributed by atoms with Gasteiger partial charge in [0.05, 0.1) is 5.69 Å². The van der Waals surface area contributed by atoms with E-state index < -0.39 is 0 Å². The fraction of sp³-hybridized carbons (Fsp3) is 0.190. The molecule has 8 heteroatoms. The molecule has 1 aliphatic rings. The number of carbonyl (C=O) groups is 2. The Hall–Kier alpha value is -2.84. The summed E-state index contributed by atoms with van der Waals surface area (Å²) in [5.41, 5.74) is 4.09. The smallest absolute Gasteiger partial charge is 0.322 e. The first-order valence-corrected chi connectivity index (χ1v) is 11.2. The molecule has 2 heterocycles. The predicted molar refractivity (Wildman–Crippen MR) is 119 cm³/mol. The van der Waals surface area contributed by atoms with Crippen LogP contribution in [0.3, 0.4) is 0 Å². The van der Waals surface area contributed by atoms with Gasteiger partial charge in [-0.1, -0.05) is 12.1 Å². The van der Waals surface area contributed by atoms with E-state index in [0.717, 1.165) is 22.5 Å². The Kier molecular flexibility index (Phi) is 5.55. The molecule has 0 atom stereocenters. The molecule has 1 fully saturated rings. The van der Waals surface area contributed by atoms with Crippen molar-refractivity contribution in [1.82, 2.24) is 10.3 Å². The highest BCUT2D eigenvalue weighted by molar-refractivity contribution is 7.98. The highest BCUT2D eigenvalue weighted by Crippen LogP contribution is 2.28. The summed E-state index contributed by atoms with van der Waals surface area (Å²) < 4.78 is 0. The Morgan fingerprint density at radius 3 is 2.69 bits per heavy atom. The van der Waals surface area contributed by atoms with E-state index in [9.17, 15) is 9.59 Å². The third-order valence-electron chi connectivity index (χ3n) is 4.72. The molecule has 0 spiro atoms. The lowest BCUT2D eigenvalue weighted by atomic mass is 10.1. The molecule has 0 unspecified atom stereocenters. The summed E-state index contributed by atoms with van der Waals surface area (Å²) in [6, 6.07) is 13.4. The van der Waals surface area contributed by atoms with Crippen molar-refractivity contribution in [3.05, 3.63) is 59.0 Å². The number of urea groups is 1. The molecule has 0 bridgehead atoms. The number of amides is 3. The van der Waals surface area contributed by atoms with Crippen LogP contribution in [-0.2, 0) is 0 Å². The van der Waals surface area contributed by atoms with Gasteiger partial charge in [0, 0.05) is 40.2 Å². The van der Waals surface area contributed by atoms with Gasteiger partial charge in [-0.3, -0.25) is 15.0 Å². The predicted octanol–water partition coefficient (Wildman–Crippen LogP) is 4.62. The Morgan fingerprint density at radius 2 is 2.03 bits per heavy atom. The molecule has 6 nitrogen and oxygen atoms in total. The van der Waals surface area contributed by atoms with Gasteiger partial charge in [-0.15, -0.1) is 23.1 Å². The molecule has 3 aromatic rings. The highest BCUT2D eigenvalue weighted by atomic mass is 32.2. The third-order valence-corrected chi connectivity index (χ3v) is 6.22. The molecule has 0 aliphatic carbocycles. The molecule has 2 N–H and O–H groups in total. The molecule has 4 rings (SSSR count). The van der Waals surface area contributed by atoms with Crippen LogP contribution in [-0.4, -0.2) is 36.3 Å². The van der Waals surface area contributed by atoms with Crippen molar-refractivity contribution in [3.63, 3.8) is 0 Å². The highest BCUT2D eigenvalue weighted by Gasteiger charge is 2.23. The lowest BCUT2D eigenvalue weighted by Gasteiger charge is -2.17. The van der Waals surface area contributed by atoms with Crippen LogP contribution in [0, 0.1) is 6.92 Å². The number of rotatable bonds is 5. The van der Waals surface area contributed by atoms with E-state index in [1.54, 1.807) is 28.8 Å². The summed E-state index contributed by atoms with van der Waals surface area (Å²) in [6.45, 7) is 3.16. The van der Waals surface area contributed by atoms with Gasteiger partial charge in [-0.05, 0) is 49.1 Å². The van der Waals surface area contributed by atoms with Gasteiger partial charge in [0.25, 0.3) is 5.91 Å². The minimum atomic E-state index is -0.218. The fourth-order valence-corrected chi connectivity index (χ4v) is 4.32. The van der Waals surface area contributed by atoms with E-state index >= 15 is 0 Å². The number of nitrogens with zero attached hydrogens (tertiary/aromatic N) is 2. The van der Waals surface area contributed by atoms with Gasteiger partial charge >= 0.3 is 6.03 Å². The number of thioether (sulfide) groups is 1. The van der Waals surface area contributed by atoms with Crippen LogP contribution in [0.4, 0.5) is 15.6 Å². The maximum absolute atomic E-state index is 12.7. The van der Waals surface area contributed by atoms with Crippen molar-refractivity contribution in [2.75, 3.05) is 29.6 Å². The van der Waals surface area contributed by atoms with E-state index in [1.807, 2.05) is 36.8 Å². The number of thiazole rings is 1. The molecule has 1 saturated heterocycles. The van der Waals surface area contributed by atoms with Gasteiger partial charge in [-0.25, -0.2) is 9.78 Å². The Morgan fingerprint density at radius 1 is 1.24 bits per heavy atom. The molecule has 1 aliphatic heterocycles. The molecule has 3 amide bonds. The summed E-state index contributed by atoms with van der Waals surface area (Å²) in [7, 11) is 0. The fourth-order valence-electron chi connectivity index (χ4n) is 3.20.